The number of nitrogens with one attached hydrogen (secondary N) is 1. The number of carbonyl (C=O) groups excluding carboxylic acids is 2. The summed E-state index contributed by atoms with van der Waals surface area (Å²) in [4.78, 5) is 24.6. The van der Waals surface area contributed by atoms with Gasteiger partial charge in [-0.15, -0.1) is 0 Å². The Balaban J connectivity index is 3.39. The van der Waals surface area contributed by atoms with Crippen LogP contribution in [0.4, 0.5) is 0 Å². The van der Waals surface area contributed by atoms with Crippen molar-refractivity contribution in [3.8, 4) is 0 Å². The van der Waals surface area contributed by atoms with Crippen LogP contribution < -0.4 is 5.32 Å². The highest BCUT2D eigenvalue weighted by molar-refractivity contribution is 5.76. The van der Waals surface area contributed by atoms with Crippen LogP contribution in [0.15, 0.2) is 24.3 Å². The number of rotatable bonds is 60. The minimum absolute atomic E-state index is 0.00273. The lowest BCUT2D eigenvalue weighted by Gasteiger charge is -2.22. The quantitative estimate of drug-likeness (QED) is 0.0320. The van der Waals surface area contributed by atoms with Gasteiger partial charge in [0.25, 0.3) is 0 Å². The van der Waals surface area contributed by atoms with E-state index in [-0.39, 0.29) is 18.5 Å². The van der Waals surface area contributed by atoms with E-state index in [1.165, 1.54) is 270 Å². The van der Waals surface area contributed by atoms with Crippen LogP contribution in [-0.4, -0.2) is 47.4 Å². The van der Waals surface area contributed by atoms with E-state index in [4.69, 9.17) is 4.74 Å². The molecule has 0 aliphatic heterocycles. The molecule has 1 amide bonds. The third-order valence-corrected chi connectivity index (χ3v) is 15.0. The Hall–Kier alpha value is -1.66. The molecule has 0 heterocycles. The minimum Gasteiger partial charge on any atom is -0.466 e. The molecule has 0 aromatic carbocycles. The first kappa shape index (κ1) is 69.3. The van der Waals surface area contributed by atoms with E-state index >= 15 is 0 Å². The summed E-state index contributed by atoms with van der Waals surface area (Å²) in [7, 11) is 0. The summed E-state index contributed by atoms with van der Waals surface area (Å²) in [5.74, 6) is -0.0354. The number of ether oxygens (including phenoxy) is 1. The van der Waals surface area contributed by atoms with Crippen molar-refractivity contribution in [2.24, 2.45) is 0 Å². The molecular formula is C65H125NO5. The van der Waals surface area contributed by atoms with Crippen LogP contribution in [0, 0.1) is 0 Å². The van der Waals surface area contributed by atoms with Crippen LogP contribution in [0.3, 0.4) is 0 Å². The Bertz CT molecular complexity index is 1110. The topological polar surface area (TPSA) is 95.9 Å². The fourth-order valence-electron chi connectivity index (χ4n) is 10.1. The van der Waals surface area contributed by atoms with Gasteiger partial charge in [-0.2, -0.15) is 0 Å². The summed E-state index contributed by atoms with van der Waals surface area (Å²) in [5.41, 5.74) is 0. The van der Waals surface area contributed by atoms with Crippen molar-refractivity contribution in [2.45, 2.75) is 366 Å². The number of aliphatic hydroxyl groups is 2. The van der Waals surface area contributed by atoms with Crippen LogP contribution >= 0.6 is 0 Å². The summed E-state index contributed by atoms with van der Waals surface area (Å²) >= 11 is 0. The standard InChI is InChI=1S/C65H125NO5/c1-3-5-7-9-11-13-15-17-18-19-20-24-27-30-34-37-41-45-49-53-57-63(68)62(61-67)66-64(69)58-54-50-46-42-38-35-31-28-25-22-21-23-26-29-32-36-40-44-48-52-56-60-71-65(70)59-55-51-47-43-39-33-16-14-12-10-8-6-4-2/h8,10,14,16,62-63,67-68H,3-7,9,11-13,15,17-61H2,1-2H3,(H,66,69)/b10-8-,16-14-. The van der Waals surface area contributed by atoms with Crippen LogP contribution in [0.2, 0.25) is 0 Å². The van der Waals surface area contributed by atoms with Gasteiger partial charge in [0.1, 0.15) is 0 Å². The van der Waals surface area contributed by atoms with E-state index in [1.54, 1.807) is 0 Å². The van der Waals surface area contributed by atoms with Crippen LogP contribution in [-0.2, 0) is 14.3 Å². The first-order chi connectivity index (χ1) is 35.0. The Labute approximate surface area is 443 Å². The molecule has 6 nitrogen and oxygen atoms in total. The lowest BCUT2D eigenvalue weighted by molar-refractivity contribution is -0.143. The third kappa shape index (κ3) is 57.5. The highest BCUT2D eigenvalue weighted by Crippen LogP contribution is 2.18. The van der Waals surface area contributed by atoms with Gasteiger partial charge in [0.05, 0.1) is 25.4 Å². The third-order valence-electron chi connectivity index (χ3n) is 15.0. The summed E-state index contributed by atoms with van der Waals surface area (Å²) in [6, 6.07) is -0.543. The van der Waals surface area contributed by atoms with Gasteiger partial charge in [-0.05, 0) is 51.4 Å². The highest BCUT2D eigenvalue weighted by atomic mass is 16.5. The molecule has 2 atom stereocenters. The maximum absolute atomic E-state index is 12.5. The van der Waals surface area contributed by atoms with Gasteiger partial charge in [0.2, 0.25) is 5.91 Å². The molecule has 2 unspecified atom stereocenters. The monoisotopic (exact) mass is 1000 g/mol. The molecule has 0 radical (unpaired) electrons. The maximum Gasteiger partial charge on any atom is 0.305 e. The van der Waals surface area contributed by atoms with Crippen molar-refractivity contribution in [1.82, 2.24) is 5.32 Å². The maximum atomic E-state index is 12.5. The van der Waals surface area contributed by atoms with Crippen molar-refractivity contribution < 1.29 is 24.5 Å². The number of allylic oxidation sites excluding steroid dienone is 4. The summed E-state index contributed by atoms with van der Waals surface area (Å²) in [6.07, 6.45) is 74.8. The number of unbranched alkanes of at least 4 members (excludes halogenated alkanes) is 45. The van der Waals surface area contributed by atoms with Gasteiger partial charge in [-0.3, -0.25) is 9.59 Å². The van der Waals surface area contributed by atoms with Crippen LogP contribution in [0.5, 0.6) is 0 Å². The fourth-order valence-corrected chi connectivity index (χ4v) is 10.1. The second-order valence-electron chi connectivity index (χ2n) is 22.1. The molecule has 0 aliphatic carbocycles. The molecule has 0 fully saturated rings. The number of hydrogen-bond acceptors (Lipinski definition) is 5. The zero-order valence-corrected chi connectivity index (χ0v) is 48.0. The van der Waals surface area contributed by atoms with E-state index in [2.05, 4.69) is 43.5 Å². The smallest absolute Gasteiger partial charge is 0.305 e. The summed E-state index contributed by atoms with van der Waals surface area (Å²) in [5, 5.41) is 23.4. The minimum atomic E-state index is -0.666. The predicted octanol–water partition coefficient (Wildman–Crippen LogP) is 20.2. The van der Waals surface area contributed by atoms with Gasteiger partial charge in [0, 0.05) is 12.8 Å². The first-order valence-electron chi connectivity index (χ1n) is 32.1. The Morgan fingerprint density at radius 1 is 0.394 bits per heavy atom. The van der Waals surface area contributed by atoms with E-state index in [9.17, 15) is 19.8 Å². The molecule has 0 bridgehead atoms. The largest absolute Gasteiger partial charge is 0.466 e. The van der Waals surface area contributed by atoms with Gasteiger partial charge in [-0.25, -0.2) is 0 Å². The van der Waals surface area contributed by atoms with E-state index in [0.29, 0.717) is 25.9 Å². The molecule has 420 valence electrons. The normalized spacial score (nSPS) is 12.7. The Morgan fingerprint density at radius 2 is 0.732 bits per heavy atom. The lowest BCUT2D eigenvalue weighted by Crippen LogP contribution is -2.45. The molecule has 6 heteroatoms. The van der Waals surface area contributed by atoms with Crippen molar-refractivity contribution in [3.05, 3.63) is 24.3 Å². The number of carbonyl (C=O) groups is 2. The number of hydrogen-bond donors (Lipinski definition) is 3. The SMILES string of the molecule is CCC/C=C\C/C=C\CCCCCCCC(=O)OCCCCCCCCCCCCCCCCCCCCCCCC(=O)NC(CO)C(O)CCCCCCCCCCCCCCCCCCCCCC. The van der Waals surface area contributed by atoms with Crippen LogP contribution in [0.1, 0.15) is 354 Å². The van der Waals surface area contributed by atoms with Gasteiger partial charge in [-0.1, -0.05) is 314 Å². The molecule has 0 aromatic rings. The van der Waals surface area contributed by atoms with E-state index < -0.39 is 12.1 Å². The van der Waals surface area contributed by atoms with E-state index in [0.717, 1.165) is 51.4 Å². The number of esters is 1. The molecule has 0 aliphatic rings. The van der Waals surface area contributed by atoms with Crippen molar-refractivity contribution in [2.75, 3.05) is 13.2 Å². The zero-order valence-electron chi connectivity index (χ0n) is 48.0. The molecule has 71 heavy (non-hydrogen) atoms. The molecule has 3 N–H and O–H groups in total. The van der Waals surface area contributed by atoms with Crippen LogP contribution in [0.25, 0.3) is 0 Å². The highest BCUT2D eigenvalue weighted by Gasteiger charge is 2.20. The van der Waals surface area contributed by atoms with Gasteiger partial charge >= 0.3 is 5.97 Å². The lowest BCUT2D eigenvalue weighted by atomic mass is 10.0. The predicted molar refractivity (Wildman–Crippen MR) is 310 cm³/mol. The first-order valence-corrected chi connectivity index (χ1v) is 32.1. The van der Waals surface area contributed by atoms with Crippen molar-refractivity contribution in [3.63, 3.8) is 0 Å². The molecule has 0 saturated carbocycles. The molecule has 0 rings (SSSR count). The average molecular weight is 1000 g/mol. The fraction of sp³-hybridized carbons (Fsp3) is 0.908. The molecule has 0 spiro atoms. The molecule has 0 saturated heterocycles. The Kier molecular flexibility index (Phi) is 59.5. The molecule has 0 aromatic heterocycles. The Morgan fingerprint density at radius 3 is 1.13 bits per heavy atom. The summed E-state index contributed by atoms with van der Waals surface area (Å²) < 4.78 is 5.47. The number of amides is 1. The van der Waals surface area contributed by atoms with Crippen molar-refractivity contribution >= 4 is 11.9 Å². The summed E-state index contributed by atoms with van der Waals surface area (Å²) in [6.45, 7) is 4.91. The second kappa shape index (κ2) is 60.9. The average Bonchev–Trinajstić information content (AvgIpc) is 3.37. The number of aliphatic hydroxyl groups excluding tert-OH is 2. The van der Waals surface area contributed by atoms with Gasteiger partial charge in [0.15, 0.2) is 0 Å². The van der Waals surface area contributed by atoms with Gasteiger partial charge < -0.3 is 20.3 Å². The van der Waals surface area contributed by atoms with E-state index in [1.807, 2.05) is 0 Å². The van der Waals surface area contributed by atoms with Crippen molar-refractivity contribution in [1.29, 1.82) is 0 Å². The zero-order chi connectivity index (χ0) is 51.4. The second-order valence-corrected chi connectivity index (χ2v) is 22.1. The molecular weight excluding hydrogens is 875 g/mol.